The Morgan fingerprint density at radius 2 is 2.12 bits per heavy atom. The number of nitrogen functional groups attached to an aromatic ring is 1. The molecule has 0 radical (unpaired) electrons. The SMILES string of the molecule is Cc1ccc(-c2nc(N)[nH]c2C(=O)O)c(C)c1. The van der Waals surface area contributed by atoms with E-state index in [0.717, 1.165) is 16.7 Å². The van der Waals surface area contributed by atoms with Gasteiger partial charge in [0, 0.05) is 5.56 Å². The third-order valence-electron chi connectivity index (χ3n) is 2.57. The van der Waals surface area contributed by atoms with Gasteiger partial charge in [-0.3, -0.25) is 0 Å². The number of imidazole rings is 1. The van der Waals surface area contributed by atoms with Crippen molar-refractivity contribution < 1.29 is 9.90 Å². The van der Waals surface area contributed by atoms with Crippen LogP contribution in [-0.4, -0.2) is 21.0 Å². The second-order valence-electron chi connectivity index (χ2n) is 3.97. The molecule has 0 saturated heterocycles. The van der Waals surface area contributed by atoms with Crippen LogP contribution < -0.4 is 5.73 Å². The minimum Gasteiger partial charge on any atom is -0.477 e. The lowest BCUT2D eigenvalue weighted by atomic mass is 10.0. The predicted molar refractivity (Wildman–Crippen MR) is 64.9 cm³/mol. The topological polar surface area (TPSA) is 92.0 Å². The van der Waals surface area contributed by atoms with Crippen molar-refractivity contribution in [2.75, 3.05) is 5.73 Å². The molecule has 1 heterocycles. The van der Waals surface area contributed by atoms with E-state index in [1.54, 1.807) is 0 Å². The van der Waals surface area contributed by atoms with Crippen LogP contribution in [0.1, 0.15) is 21.6 Å². The highest BCUT2D eigenvalue weighted by Gasteiger charge is 2.18. The molecule has 0 fully saturated rings. The van der Waals surface area contributed by atoms with E-state index in [9.17, 15) is 4.79 Å². The zero-order chi connectivity index (χ0) is 12.6. The van der Waals surface area contributed by atoms with Crippen LogP contribution in [-0.2, 0) is 0 Å². The van der Waals surface area contributed by atoms with Crippen LogP contribution in [0.15, 0.2) is 18.2 Å². The van der Waals surface area contributed by atoms with E-state index in [1.165, 1.54) is 0 Å². The number of hydrogen-bond acceptors (Lipinski definition) is 3. The number of aromatic carboxylic acids is 1. The number of H-pyrrole nitrogens is 1. The molecule has 4 N–H and O–H groups in total. The molecule has 0 amide bonds. The molecule has 88 valence electrons. The number of hydrogen-bond donors (Lipinski definition) is 3. The van der Waals surface area contributed by atoms with Gasteiger partial charge in [-0.05, 0) is 19.4 Å². The van der Waals surface area contributed by atoms with Gasteiger partial charge >= 0.3 is 5.97 Å². The zero-order valence-corrected chi connectivity index (χ0v) is 9.61. The Morgan fingerprint density at radius 3 is 2.71 bits per heavy atom. The first-order valence-corrected chi connectivity index (χ1v) is 5.15. The van der Waals surface area contributed by atoms with Gasteiger partial charge in [0.1, 0.15) is 5.69 Å². The summed E-state index contributed by atoms with van der Waals surface area (Å²) in [6.07, 6.45) is 0. The smallest absolute Gasteiger partial charge is 0.354 e. The largest absolute Gasteiger partial charge is 0.477 e. The van der Waals surface area contributed by atoms with E-state index in [0.29, 0.717) is 5.69 Å². The van der Waals surface area contributed by atoms with Gasteiger partial charge in [0.25, 0.3) is 0 Å². The van der Waals surface area contributed by atoms with Gasteiger partial charge in [-0.25, -0.2) is 9.78 Å². The first kappa shape index (κ1) is 11.2. The minimum absolute atomic E-state index is 0.0226. The van der Waals surface area contributed by atoms with Gasteiger partial charge in [0.2, 0.25) is 0 Å². The fourth-order valence-corrected chi connectivity index (χ4v) is 1.82. The number of benzene rings is 1. The lowest BCUT2D eigenvalue weighted by molar-refractivity contribution is 0.0692. The van der Waals surface area contributed by atoms with Crippen molar-refractivity contribution in [3.8, 4) is 11.3 Å². The molecular weight excluding hydrogens is 218 g/mol. The standard InChI is InChI=1S/C12H13N3O2/c1-6-3-4-8(7(2)5-6)9-10(11(16)17)15-12(13)14-9/h3-5H,1-2H3,(H,16,17)(H3,13,14,15). The number of aryl methyl sites for hydroxylation is 2. The van der Waals surface area contributed by atoms with E-state index in [-0.39, 0.29) is 11.6 Å². The molecule has 0 saturated carbocycles. The summed E-state index contributed by atoms with van der Waals surface area (Å²) < 4.78 is 0. The number of nitrogens with two attached hydrogens (primary N) is 1. The van der Waals surface area contributed by atoms with Crippen LogP contribution in [0.25, 0.3) is 11.3 Å². The van der Waals surface area contributed by atoms with Crippen molar-refractivity contribution >= 4 is 11.9 Å². The molecule has 0 unspecified atom stereocenters. The monoisotopic (exact) mass is 231 g/mol. The minimum atomic E-state index is -1.07. The van der Waals surface area contributed by atoms with Crippen molar-refractivity contribution in [1.82, 2.24) is 9.97 Å². The fourth-order valence-electron chi connectivity index (χ4n) is 1.82. The van der Waals surface area contributed by atoms with Gasteiger partial charge in [0.05, 0.1) is 0 Å². The Hall–Kier alpha value is -2.30. The van der Waals surface area contributed by atoms with Crippen molar-refractivity contribution in [3.05, 3.63) is 35.0 Å². The highest BCUT2D eigenvalue weighted by Crippen LogP contribution is 2.26. The molecule has 0 aliphatic heterocycles. The molecule has 0 aliphatic carbocycles. The molecular formula is C12H13N3O2. The Labute approximate surface area is 98.3 Å². The summed E-state index contributed by atoms with van der Waals surface area (Å²) in [7, 11) is 0. The maximum atomic E-state index is 11.1. The molecule has 0 atom stereocenters. The van der Waals surface area contributed by atoms with Crippen molar-refractivity contribution in [3.63, 3.8) is 0 Å². The van der Waals surface area contributed by atoms with Crippen molar-refractivity contribution in [1.29, 1.82) is 0 Å². The molecule has 0 spiro atoms. The van der Waals surface area contributed by atoms with Crippen LogP contribution in [0, 0.1) is 13.8 Å². The van der Waals surface area contributed by atoms with Gasteiger partial charge in [-0.1, -0.05) is 23.8 Å². The quantitative estimate of drug-likeness (QED) is 0.736. The lowest BCUT2D eigenvalue weighted by Gasteiger charge is -2.04. The average molecular weight is 231 g/mol. The summed E-state index contributed by atoms with van der Waals surface area (Å²) in [5.74, 6) is -0.957. The number of nitrogens with zero attached hydrogens (tertiary/aromatic N) is 1. The summed E-state index contributed by atoms with van der Waals surface area (Å²) in [5.41, 5.74) is 8.78. The van der Waals surface area contributed by atoms with Gasteiger partial charge < -0.3 is 15.8 Å². The van der Waals surface area contributed by atoms with Crippen LogP contribution >= 0.6 is 0 Å². The average Bonchev–Trinajstić information content (AvgIpc) is 2.60. The molecule has 1 aromatic carbocycles. The van der Waals surface area contributed by atoms with Crippen LogP contribution in [0.4, 0.5) is 5.95 Å². The Bertz CT molecular complexity index is 587. The summed E-state index contributed by atoms with van der Waals surface area (Å²) in [6, 6.07) is 5.75. The molecule has 0 aliphatic rings. The number of aromatic amines is 1. The summed E-state index contributed by atoms with van der Waals surface area (Å²) in [5, 5.41) is 9.06. The van der Waals surface area contributed by atoms with E-state index in [1.807, 2.05) is 32.0 Å². The molecule has 17 heavy (non-hydrogen) atoms. The third-order valence-corrected chi connectivity index (χ3v) is 2.57. The number of carbonyl (C=O) groups is 1. The maximum Gasteiger partial charge on any atom is 0.354 e. The van der Waals surface area contributed by atoms with E-state index >= 15 is 0 Å². The summed E-state index contributed by atoms with van der Waals surface area (Å²) in [6.45, 7) is 3.90. The molecule has 1 aromatic heterocycles. The van der Waals surface area contributed by atoms with Crippen LogP contribution in [0.3, 0.4) is 0 Å². The van der Waals surface area contributed by atoms with E-state index in [4.69, 9.17) is 10.8 Å². The zero-order valence-electron chi connectivity index (χ0n) is 9.61. The molecule has 5 nitrogen and oxygen atoms in total. The summed E-state index contributed by atoms with van der Waals surface area (Å²) >= 11 is 0. The number of nitrogens with one attached hydrogen (secondary N) is 1. The predicted octanol–water partition coefficient (Wildman–Crippen LogP) is 1.97. The number of aromatic nitrogens is 2. The highest BCUT2D eigenvalue weighted by atomic mass is 16.4. The number of anilines is 1. The third kappa shape index (κ3) is 1.99. The highest BCUT2D eigenvalue weighted by molar-refractivity contribution is 5.94. The van der Waals surface area contributed by atoms with Gasteiger partial charge in [0.15, 0.2) is 11.6 Å². The second kappa shape index (κ2) is 3.93. The molecule has 2 aromatic rings. The van der Waals surface area contributed by atoms with Crippen molar-refractivity contribution in [2.45, 2.75) is 13.8 Å². The van der Waals surface area contributed by atoms with Crippen molar-refractivity contribution in [2.24, 2.45) is 0 Å². The molecule has 2 rings (SSSR count). The Kier molecular flexibility index (Phi) is 2.59. The first-order chi connectivity index (χ1) is 7.99. The van der Waals surface area contributed by atoms with Gasteiger partial charge in [-0.15, -0.1) is 0 Å². The summed E-state index contributed by atoms with van der Waals surface area (Å²) in [4.78, 5) is 17.6. The lowest BCUT2D eigenvalue weighted by Crippen LogP contribution is -2.00. The normalized spacial score (nSPS) is 10.5. The van der Waals surface area contributed by atoms with Crippen LogP contribution in [0.2, 0.25) is 0 Å². The maximum absolute atomic E-state index is 11.1. The van der Waals surface area contributed by atoms with Crippen LogP contribution in [0.5, 0.6) is 0 Å². The Balaban J connectivity index is 2.63. The number of carboxylic acids is 1. The van der Waals surface area contributed by atoms with Gasteiger partial charge in [-0.2, -0.15) is 0 Å². The second-order valence-corrected chi connectivity index (χ2v) is 3.97. The number of rotatable bonds is 2. The number of carboxylic acid groups (broad SMARTS) is 1. The fraction of sp³-hybridized carbons (Fsp3) is 0.167. The first-order valence-electron chi connectivity index (χ1n) is 5.15. The Morgan fingerprint density at radius 1 is 1.41 bits per heavy atom. The van der Waals surface area contributed by atoms with E-state index < -0.39 is 5.97 Å². The molecule has 0 bridgehead atoms. The molecule has 5 heteroatoms. The van der Waals surface area contributed by atoms with E-state index in [2.05, 4.69) is 9.97 Å².